The molecule has 0 aliphatic carbocycles. The van der Waals surface area contributed by atoms with E-state index in [1.54, 1.807) is 19.1 Å². The summed E-state index contributed by atoms with van der Waals surface area (Å²) in [4.78, 5) is 12.3. The van der Waals surface area contributed by atoms with Crippen molar-refractivity contribution in [1.82, 2.24) is 4.57 Å². The fraction of sp³-hybridized carbons (Fsp3) is 0.304. The van der Waals surface area contributed by atoms with Gasteiger partial charge in [-0.1, -0.05) is 18.2 Å². The summed E-state index contributed by atoms with van der Waals surface area (Å²) in [5, 5.41) is 3.23. The average Bonchev–Trinajstić information content (AvgIpc) is 3.05. The van der Waals surface area contributed by atoms with E-state index < -0.39 is 16.1 Å². The van der Waals surface area contributed by atoms with Crippen LogP contribution in [0.25, 0.3) is 17.1 Å². The lowest BCUT2D eigenvalue weighted by molar-refractivity contribution is -0.670. The number of nitrogens with one attached hydrogen (secondary N) is 1. The number of nitrogens with zero attached hydrogens (tertiary/aromatic N) is 2. The molecule has 0 aliphatic heterocycles. The van der Waals surface area contributed by atoms with Gasteiger partial charge in [0.2, 0.25) is 0 Å². The summed E-state index contributed by atoms with van der Waals surface area (Å²) >= 11 is 0. The summed E-state index contributed by atoms with van der Waals surface area (Å²) < 4.78 is 40.8. The van der Waals surface area contributed by atoms with Gasteiger partial charge >= 0.3 is 5.97 Å². The van der Waals surface area contributed by atoms with Crippen LogP contribution < -0.4 is 9.88 Å². The van der Waals surface area contributed by atoms with E-state index in [1.165, 1.54) is 0 Å². The molecule has 0 saturated carbocycles. The van der Waals surface area contributed by atoms with Gasteiger partial charge in [0.05, 0.1) is 31.0 Å². The number of hydrogen-bond donors (Lipinski definition) is 2. The van der Waals surface area contributed by atoms with Crippen molar-refractivity contribution in [3.05, 3.63) is 66.1 Å². The Balaban J connectivity index is 2.04. The highest BCUT2D eigenvalue weighted by atomic mass is 32.2. The molecule has 0 fully saturated rings. The molecule has 0 saturated heterocycles. The number of esters is 1. The molecule has 0 aliphatic rings. The third-order valence-corrected chi connectivity index (χ3v) is 5.78. The molecular weight excluding hydrogens is 430 g/mol. The Bertz CT molecular complexity index is 1220. The van der Waals surface area contributed by atoms with Crippen LogP contribution >= 0.6 is 0 Å². The molecule has 2 aromatic carbocycles. The number of aryl methyl sites for hydroxylation is 2. The van der Waals surface area contributed by atoms with Gasteiger partial charge in [-0.05, 0) is 38.1 Å². The normalized spacial score (nSPS) is 11.8. The van der Waals surface area contributed by atoms with Gasteiger partial charge in [-0.2, -0.15) is 8.42 Å². The van der Waals surface area contributed by atoms with Crippen molar-refractivity contribution < 1.29 is 27.1 Å². The van der Waals surface area contributed by atoms with E-state index in [-0.39, 0.29) is 18.8 Å². The largest absolute Gasteiger partial charge is 0.462 e. The second-order valence-corrected chi connectivity index (χ2v) is 8.73. The first-order chi connectivity index (χ1) is 15.3. The van der Waals surface area contributed by atoms with Gasteiger partial charge in [0, 0.05) is 30.5 Å². The Labute approximate surface area is 187 Å². The molecule has 0 spiro atoms. The van der Waals surface area contributed by atoms with Crippen LogP contribution in [-0.2, 0) is 27.9 Å². The molecule has 0 unspecified atom stereocenters. The van der Waals surface area contributed by atoms with Gasteiger partial charge in [-0.15, -0.1) is 0 Å². The lowest BCUT2D eigenvalue weighted by Gasteiger charge is -2.03. The third-order valence-electron chi connectivity index (χ3n) is 4.98. The first-order valence-electron chi connectivity index (χ1n) is 10.5. The number of carbonyl (C=O) groups excluding carboxylic acids is 1. The maximum absolute atomic E-state index is 12.3. The molecule has 3 rings (SSSR count). The minimum absolute atomic E-state index is 0.225. The van der Waals surface area contributed by atoms with Gasteiger partial charge in [-0.25, -0.2) is 13.9 Å². The number of fused-ring (bicyclic) bond motifs is 1. The Hall–Kier alpha value is -3.17. The predicted molar refractivity (Wildman–Crippen MR) is 124 cm³/mol. The van der Waals surface area contributed by atoms with E-state index in [2.05, 4.69) is 9.88 Å². The topological polar surface area (TPSA) is 102 Å². The summed E-state index contributed by atoms with van der Waals surface area (Å²) in [5.74, 6) is 0.0789. The van der Waals surface area contributed by atoms with Crippen molar-refractivity contribution in [1.29, 1.82) is 0 Å². The maximum atomic E-state index is 12.3. The molecule has 3 aromatic rings. The van der Waals surface area contributed by atoms with Crippen LogP contribution in [0.15, 0.2) is 54.7 Å². The number of benzene rings is 2. The number of carbonyl (C=O) groups is 1. The highest BCUT2D eigenvalue weighted by Crippen LogP contribution is 2.20. The molecular formula is C23H28N3O5S+. The first kappa shape index (κ1) is 23.5. The molecule has 0 atom stereocenters. The minimum atomic E-state index is -4.07. The number of hydrogen-bond acceptors (Lipinski definition) is 5. The standard InChI is InChI=1S/C23H27N3O5S/c1-3-25-20-12-11-18(23(27)31-4-2)17-21(20)26(15-8-16-32(28,29)30)22(25)13-14-24-19-9-6-5-7-10-19/h5-7,9-14,17H,3-4,8,15-16H2,1-2H3,(H,28,29,30)/p+1. The summed E-state index contributed by atoms with van der Waals surface area (Å²) in [6.07, 6.45) is 3.96. The number of para-hydroxylation sites is 1. The van der Waals surface area contributed by atoms with Crippen molar-refractivity contribution in [3.63, 3.8) is 0 Å². The molecule has 8 nitrogen and oxygen atoms in total. The van der Waals surface area contributed by atoms with E-state index in [9.17, 15) is 13.2 Å². The van der Waals surface area contributed by atoms with Crippen LogP contribution in [0.3, 0.4) is 0 Å². The van der Waals surface area contributed by atoms with Gasteiger partial charge in [0.15, 0.2) is 11.0 Å². The molecule has 0 amide bonds. The highest BCUT2D eigenvalue weighted by molar-refractivity contribution is 7.85. The van der Waals surface area contributed by atoms with E-state index in [0.29, 0.717) is 18.7 Å². The lowest BCUT2D eigenvalue weighted by Crippen LogP contribution is -2.35. The van der Waals surface area contributed by atoms with Crippen LogP contribution in [0, 0.1) is 0 Å². The summed E-state index contributed by atoms with van der Waals surface area (Å²) in [7, 11) is -4.07. The SMILES string of the molecule is CCOC(=O)c1ccc2c(c1)n(CCCS(=O)(=O)O)c(C=CNc1ccccc1)[n+]2CC. The van der Waals surface area contributed by atoms with Crippen molar-refractivity contribution in [2.24, 2.45) is 0 Å². The van der Waals surface area contributed by atoms with Gasteiger partial charge in [-0.3, -0.25) is 4.55 Å². The molecule has 0 bridgehead atoms. The lowest BCUT2D eigenvalue weighted by atomic mass is 10.2. The molecule has 1 heterocycles. The van der Waals surface area contributed by atoms with Gasteiger partial charge in [0.1, 0.15) is 0 Å². The second-order valence-electron chi connectivity index (χ2n) is 7.16. The maximum Gasteiger partial charge on any atom is 0.338 e. The smallest absolute Gasteiger partial charge is 0.338 e. The Morgan fingerprint density at radius 3 is 2.59 bits per heavy atom. The predicted octanol–water partition coefficient (Wildman–Crippen LogP) is 3.49. The van der Waals surface area contributed by atoms with Crippen LogP contribution in [-0.4, -0.2) is 35.9 Å². The van der Waals surface area contributed by atoms with Crippen LogP contribution in [0.2, 0.25) is 0 Å². The zero-order chi connectivity index (χ0) is 23.1. The van der Waals surface area contributed by atoms with E-state index >= 15 is 0 Å². The number of rotatable bonds is 10. The van der Waals surface area contributed by atoms with E-state index in [4.69, 9.17) is 9.29 Å². The minimum Gasteiger partial charge on any atom is -0.462 e. The molecule has 1 aromatic heterocycles. The zero-order valence-corrected chi connectivity index (χ0v) is 19.0. The summed E-state index contributed by atoms with van der Waals surface area (Å²) in [6.45, 7) is 5.07. The number of anilines is 1. The fourth-order valence-corrected chi connectivity index (χ4v) is 4.09. The van der Waals surface area contributed by atoms with Gasteiger partial charge in [0.25, 0.3) is 15.9 Å². The van der Waals surface area contributed by atoms with E-state index in [1.807, 2.05) is 60.2 Å². The fourth-order valence-electron chi connectivity index (χ4n) is 3.60. The molecule has 9 heteroatoms. The second kappa shape index (κ2) is 10.4. The van der Waals surface area contributed by atoms with Crippen molar-refractivity contribution in [3.8, 4) is 0 Å². The number of ether oxygens (including phenoxy) is 1. The molecule has 170 valence electrons. The van der Waals surface area contributed by atoms with Crippen LogP contribution in [0.1, 0.15) is 36.5 Å². The number of imidazole rings is 1. The average molecular weight is 459 g/mol. The van der Waals surface area contributed by atoms with Gasteiger partial charge < -0.3 is 10.1 Å². The zero-order valence-electron chi connectivity index (χ0n) is 18.2. The monoisotopic (exact) mass is 458 g/mol. The Morgan fingerprint density at radius 2 is 1.94 bits per heavy atom. The van der Waals surface area contributed by atoms with Crippen LogP contribution in [0.5, 0.6) is 0 Å². The Kier molecular flexibility index (Phi) is 7.66. The first-order valence-corrected chi connectivity index (χ1v) is 12.1. The molecule has 32 heavy (non-hydrogen) atoms. The van der Waals surface area contributed by atoms with Crippen molar-refractivity contribution >= 4 is 38.9 Å². The molecule has 2 N–H and O–H groups in total. The number of aromatic nitrogens is 2. The summed E-state index contributed by atoms with van der Waals surface area (Å²) in [5.41, 5.74) is 3.05. The third kappa shape index (κ3) is 5.74. The highest BCUT2D eigenvalue weighted by Gasteiger charge is 2.24. The van der Waals surface area contributed by atoms with Crippen molar-refractivity contribution in [2.75, 3.05) is 17.7 Å². The quantitative estimate of drug-likeness (QED) is 0.274. The molecule has 0 radical (unpaired) electrons. The summed E-state index contributed by atoms with van der Waals surface area (Å²) in [6, 6.07) is 15.1. The van der Waals surface area contributed by atoms with E-state index in [0.717, 1.165) is 22.5 Å². The van der Waals surface area contributed by atoms with Crippen LogP contribution in [0.4, 0.5) is 5.69 Å². The Morgan fingerprint density at radius 1 is 1.19 bits per heavy atom. The van der Waals surface area contributed by atoms with Crippen molar-refractivity contribution in [2.45, 2.75) is 33.4 Å².